The molecule has 0 amide bonds. The largest absolute Gasteiger partial charge is 0.292 e. The summed E-state index contributed by atoms with van der Waals surface area (Å²) in [5.74, 6) is -0.243. The standard InChI is InChI=1S/C12H10BrNO3/c1-12(7-14(16)17)9-5-3-2-4-8(9)6-10(13)11(12)15/h2-6H,7H2,1H3. The summed E-state index contributed by atoms with van der Waals surface area (Å²) >= 11 is 3.18. The zero-order chi connectivity index (χ0) is 12.6. The molecule has 17 heavy (non-hydrogen) atoms. The number of ketones is 1. The molecule has 0 fully saturated rings. The highest BCUT2D eigenvalue weighted by molar-refractivity contribution is 9.12. The highest BCUT2D eigenvalue weighted by atomic mass is 79.9. The van der Waals surface area contributed by atoms with E-state index in [9.17, 15) is 14.9 Å². The van der Waals surface area contributed by atoms with Crippen molar-refractivity contribution in [3.63, 3.8) is 0 Å². The first-order chi connectivity index (χ1) is 7.95. The van der Waals surface area contributed by atoms with Gasteiger partial charge >= 0.3 is 0 Å². The Labute approximate surface area is 107 Å². The van der Waals surface area contributed by atoms with Gasteiger partial charge in [-0.1, -0.05) is 24.3 Å². The molecule has 1 aliphatic carbocycles. The first-order valence-corrected chi connectivity index (χ1v) is 5.88. The maximum Gasteiger partial charge on any atom is 0.220 e. The summed E-state index contributed by atoms with van der Waals surface area (Å²) in [4.78, 5) is 22.4. The SMILES string of the molecule is CC1(C[N+](=O)[O-])C(=O)C(Br)=Cc2ccccc21. The van der Waals surface area contributed by atoms with Gasteiger partial charge in [0.25, 0.3) is 0 Å². The number of halogens is 1. The van der Waals surface area contributed by atoms with E-state index in [0.29, 0.717) is 10.0 Å². The molecule has 0 saturated heterocycles. The minimum Gasteiger partial charge on any atom is -0.292 e. The van der Waals surface area contributed by atoms with Gasteiger partial charge in [-0.25, -0.2) is 0 Å². The van der Waals surface area contributed by atoms with E-state index in [0.717, 1.165) is 5.56 Å². The average Bonchev–Trinajstić information content (AvgIpc) is 2.26. The van der Waals surface area contributed by atoms with Crippen LogP contribution < -0.4 is 0 Å². The van der Waals surface area contributed by atoms with Crippen molar-refractivity contribution in [2.75, 3.05) is 6.54 Å². The van der Waals surface area contributed by atoms with Gasteiger partial charge in [-0.3, -0.25) is 14.9 Å². The number of carbonyl (C=O) groups excluding carboxylic acids is 1. The lowest BCUT2D eigenvalue weighted by Crippen LogP contribution is -2.41. The molecule has 0 aliphatic heterocycles. The van der Waals surface area contributed by atoms with Crippen molar-refractivity contribution >= 4 is 27.8 Å². The maximum absolute atomic E-state index is 12.1. The summed E-state index contributed by atoms with van der Waals surface area (Å²) in [6.45, 7) is 1.22. The lowest BCUT2D eigenvalue weighted by Gasteiger charge is -2.29. The summed E-state index contributed by atoms with van der Waals surface area (Å²) in [7, 11) is 0. The van der Waals surface area contributed by atoms with Crippen LogP contribution in [0.1, 0.15) is 18.1 Å². The molecular formula is C12H10BrNO3. The van der Waals surface area contributed by atoms with Crippen LogP contribution in [0.5, 0.6) is 0 Å². The Morgan fingerprint density at radius 2 is 2.06 bits per heavy atom. The Balaban J connectivity index is 2.63. The van der Waals surface area contributed by atoms with E-state index in [-0.39, 0.29) is 5.78 Å². The monoisotopic (exact) mass is 295 g/mol. The van der Waals surface area contributed by atoms with Gasteiger partial charge in [0.2, 0.25) is 6.54 Å². The number of allylic oxidation sites excluding steroid dienone is 1. The lowest BCUT2D eigenvalue weighted by molar-refractivity contribution is -0.487. The third kappa shape index (κ3) is 1.91. The molecule has 1 aromatic carbocycles. The summed E-state index contributed by atoms with van der Waals surface area (Å²) < 4.78 is 0.389. The smallest absolute Gasteiger partial charge is 0.220 e. The molecule has 0 spiro atoms. The van der Waals surface area contributed by atoms with Crippen LogP contribution in [-0.4, -0.2) is 17.3 Å². The van der Waals surface area contributed by atoms with Crippen LogP contribution in [0.4, 0.5) is 0 Å². The van der Waals surface area contributed by atoms with Crippen LogP contribution in [0.3, 0.4) is 0 Å². The van der Waals surface area contributed by atoms with E-state index in [4.69, 9.17) is 0 Å². The molecule has 88 valence electrons. The molecular weight excluding hydrogens is 286 g/mol. The number of rotatable bonds is 2. The second-order valence-corrected chi connectivity index (χ2v) is 5.09. The summed E-state index contributed by atoms with van der Waals surface area (Å²) in [5.41, 5.74) is 0.474. The third-order valence-corrected chi connectivity index (χ3v) is 3.59. The molecule has 0 radical (unpaired) electrons. The summed E-state index contributed by atoms with van der Waals surface area (Å²) in [6, 6.07) is 7.25. The van der Waals surface area contributed by atoms with Crippen LogP contribution in [-0.2, 0) is 10.2 Å². The molecule has 0 aromatic heterocycles. The zero-order valence-electron chi connectivity index (χ0n) is 9.14. The molecule has 0 bridgehead atoms. The highest BCUT2D eigenvalue weighted by Crippen LogP contribution is 2.38. The number of carbonyl (C=O) groups is 1. The molecule has 0 N–H and O–H groups in total. The van der Waals surface area contributed by atoms with Gasteiger partial charge in [0.1, 0.15) is 5.41 Å². The summed E-state index contributed by atoms with van der Waals surface area (Å²) in [6.07, 6.45) is 1.71. The van der Waals surface area contributed by atoms with E-state index >= 15 is 0 Å². The van der Waals surface area contributed by atoms with Crippen LogP contribution in [0.2, 0.25) is 0 Å². The lowest BCUT2D eigenvalue weighted by atomic mass is 9.73. The Bertz CT molecular complexity index is 538. The number of hydrogen-bond donors (Lipinski definition) is 0. The maximum atomic E-state index is 12.1. The molecule has 1 aromatic rings. The van der Waals surface area contributed by atoms with Crippen LogP contribution in [0.15, 0.2) is 28.7 Å². The van der Waals surface area contributed by atoms with E-state index in [1.165, 1.54) is 0 Å². The average molecular weight is 296 g/mol. The van der Waals surface area contributed by atoms with Gasteiger partial charge in [0.15, 0.2) is 5.78 Å². The number of Topliss-reactive ketones (excluding diaryl/α,β-unsaturated/α-hetero) is 1. The van der Waals surface area contributed by atoms with Gasteiger partial charge in [0.05, 0.1) is 4.48 Å². The normalized spacial score (nSPS) is 22.9. The van der Waals surface area contributed by atoms with Crippen LogP contribution >= 0.6 is 15.9 Å². The van der Waals surface area contributed by atoms with Gasteiger partial charge in [-0.2, -0.15) is 0 Å². The van der Waals surface area contributed by atoms with Crippen LogP contribution in [0, 0.1) is 10.1 Å². The molecule has 1 atom stereocenters. The second kappa shape index (κ2) is 4.07. The van der Waals surface area contributed by atoms with Crippen molar-refractivity contribution in [1.29, 1.82) is 0 Å². The molecule has 1 unspecified atom stereocenters. The summed E-state index contributed by atoms with van der Waals surface area (Å²) in [5, 5.41) is 10.8. The quantitative estimate of drug-likeness (QED) is 0.622. The van der Waals surface area contributed by atoms with Crippen molar-refractivity contribution in [1.82, 2.24) is 0 Å². The van der Waals surface area contributed by atoms with Crippen molar-refractivity contribution in [3.8, 4) is 0 Å². The topological polar surface area (TPSA) is 60.2 Å². The highest BCUT2D eigenvalue weighted by Gasteiger charge is 2.44. The minimum absolute atomic E-state index is 0.243. The Morgan fingerprint density at radius 1 is 1.41 bits per heavy atom. The Kier molecular flexibility index (Phi) is 2.87. The van der Waals surface area contributed by atoms with E-state index < -0.39 is 16.9 Å². The number of benzene rings is 1. The molecule has 2 rings (SSSR count). The molecule has 0 heterocycles. The predicted octanol–water partition coefficient (Wildman–Crippen LogP) is 2.54. The number of fused-ring (bicyclic) bond motifs is 1. The third-order valence-electron chi connectivity index (χ3n) is 3.00. The fourth-order valence-corrected chi connectivity index (χ4v) is 2.81. The van der Waals surface area contributed by atoms with Gasteiger partial charge in [0, 0.05) is 4.92 Å². The second-order valence-electron chi connectivity index (χ2n) is 4.23. The zero-order valence-corrected chi connectivity index (χ0v) is 10.7. The van der Waals surface area contributed by atoms with Crippen molar-refractivity contribution in [2.45, 2.75) is 12.3 Å². The van der Waals surface area contributed by atoms with E-state index in [2.05, 4.69) is 15.9 Å². The number of hydrogen-bond acceptors (Lipinski definition) is 3. The molecule has 1 aliphatic rings. The van der Waals surface area contributed by atoms with E-state index in [1.54, 1.807) is 25.1 Å². The van der Waals surface area contributed by atoms with E-state index in [1.807, 2.05) is 12.1 Å². The van der Waals surface area contributed by atoms with Crippen molar-refractivity contribution in [3.05, 3.63) is 50.0 Å². The van der Waals surface area contributed by atoms with Crippen molar-refractivity contribution < 1.29 is 9.72 Å². The number of nitrogens with zero attached hydrogens (tertiary/aromatic N) is 1. The molecule has 0 saturated carbocycles. The Morgan fingerprint density at radius 3 is 2.71 bits per heavy atom. The molecule has 4 nitrogen and oxygen atoms in total. The first-order valence-electron chi connectivity index (χ1n) is 5.08. The minimum atomic E-state index is -1.09. The van der Waals surface area contributed by atoms with Gasteiger partial charge in [-0.05, 0) is 40.1 Å². The fraction of sp³-hybridized carbons (Fsp3) is 0.250. The van der Waals surface area contributed by atoms with Gasteiger partial charge in [-0.15, -0.1) is 0 Å². The predicted molar refractivity (Wildman–Crippen MR) is 67.6 cm³/mol. The van der Waals surface area contributed by atoms with Gasteiger partial charge < -0.3 is 0 Å². The van der Waals surface area contributed by atoms with Crippen LogP contribution in [0.25, 0.3) is 6.08 Å². The fourth-order valence-electron chi connectivity index (χ4n) is 2.13. The first kappa shape index (κ1) is 12.0. The molecule has 5 heteroatoms. The Hall–Kier alpha value is -1.49. The number of nitro groups is 1. The van der Waals surface area contributed by atoms with Crippen molar-refractivity contribution in [2.24, 2.45) is 0 Å².